The summed E-state index contributed by atoms with van der Waals surface area (Å²) in [6, 6.07) is 0.413. The number of fused-ring (bicyclic) bond motifs is 3. The second-order valence-electron chi connectivity index (χ2n) is 4.48. The molecule has 3 heterocycles. The van der Waals surface area contributed by atoms with E-state index in [9.17, 15) is 0 Å². The lowest BCUT2D eigenvalue weighted by atomic mass is 10.1. The van der Waals surface area contributed by atoms with Crippen LogP contribution in [0.2, 0.25) is 5.28 Å². The number of hydrogen-bond donors (Lipinski definition) is 0. The van der Waals surface area contributed by atoms with Gasteiger partial charge in [0.25, 0.3) is 0 Å². The second kappa shape index (κ2) is 4.72. The first kappa shape index (κ1) is 12.3. The molecule has 3 rings (SSSR count). The number of anilines is 1. The predicted molar refractivity (Wildman–Crippen MR) is 68.6 cm³/mol. The van der Waals surface area contributed by atoms with E-state index in [4.69, 9.17) is 32.7 Å². The first-order valence-corrected chi connectivity index (χ1v) is 6.73. The third kappa shape index (κ3) is 1.90. The highest BCUT2D eigenvalue weighted by Crippen LogP contribution is 2.38. The van der Waals surface area contributed by atoms with Crippen LogP contribution in [-0.4, -0.2) is 41.9 Å². The Hall–Kier alpha value is -0.780. The van der Waals surface area contributed by atoms with Gasteiger partial charge in [-0.25, -0.2) is 4.98 Å². The lowest BCUT2D eigenvalue weighted by molar-refractivity contribution is 0.0484. The van der Waals surface area contributed by atoms with Crippen molar-refractivity contribution < 1.29 is 9.47 Å². The van der Waals surface area contributed by atoms with Crippen LogP contribution in [0, 0.1) is 0 Å². The van der Waals surface area contributed by atoms with Gasteiger partial charge in [-0.15, -0.1) is 11.6 Å². The minimum atomic E-state index is 0.176. The van der Waals surface area contributed by atoms with Crippen LogP contribution >= 0.6 is 23.2 Å². The van der Waals surface area contributed by atoms with Gasteiger partial charge < -0.3 is 14.4 Å². The predicted octanol–water partition coefficient (Wildman–Crippen LogP) is 1.85. The average Bonchev–Trinajstić information content (AvgIpc) is 2.37. The maximum absolute atomic E-state index is 5.95. The fourth-order valence-electron chi connectivity index (χ4n) is 2.45. The molecule has 0 saturated carbocycles. The summed E-state index contributed by atoms with van der Waals surface area (Å²) in [6.07, 6.45) is 0. The quantitative estimate of drug-likeness (QED) is 0.583. The zero-order valence-electron chi connectivity index (χ0n) is 9.90. The Morgan fingerprint density at radius 2 is 2.17 bits per heavy atom. The fraction of sp³-hybridized carbons (Fsp3) is 0.636. The summed E-state index contributed by atoms with van der Waals surface area (Å²) in [5, 5.41) is 0.201. The van der Waals surface area contributed by atoms with Gasteiger partial charge in [0, 0.05) is 0 Å². The van der Waals surface area contributed by atoms with Crippen molar-refractivity contribution in [2.24, 2.45) is 0 Å². The van der Waals surface area contributed by atoms with Gasteiger partial charge in [-0.2, -0.15) is 4.98 Å². The van der Waals surface area contributed by atoms with Crippen molar-refractivity contribution in [2.75, 3.05) is 24.7 Å². The lowest BCUT2D eigenvalue weighted by Crippen LogP contribution is -2.56. The van der Waals surface area contributed by atoms with Gasteiger partial charge >= 0.3 is 0 Å². The number of nitrogens with zero attached hydrogens (tertiary/aromatic N) is 3. The second-order valence-corrected chi connectivity index (χ2v) is 5.09. The Kier molecular flexibility index (Phi) is 3.21. The van der Waals surface area contributed by atoms with E-state index in [-0.39, 0.29) is 23.2 Å². The highest BCUT2D eigenvalue weighted by Gasteiger charge is 2.37. The highest BCUT2D eigenvalue weighted by molar-refractivity contribution is 6.28. The van der Waals surface area contributed by atoms with Gasteiger partial charge in [0.2, 0.25) is 5.28 Å². The molecule has 0 radical (unpaired) electrons. The average molecular weight is 290 g/mol. The summed E-state index contributed by atoms with van der Waals surface area (Å²) >= 11 is 11.8. The van der Waals surface area contributed by atoms with Crippen molar-refractivity contribution in [3.63, 3.8) is 0 Å². The molecule has 5 nitrogen and oxygen atoms in total. The molecule has 7 heteroatoms. The third-order valence-electron chi connectivity index (χ3n) is 3.22. The SMILES string of the molecule is C[C@H]1COC[C@@H]2COc3c(CCl)nc(Cl)nc3N21. The molecule has 2 aliphatic heterocycles. The van der Waals surface area contributed by atoms with Gasteiger partial charge in [0.15, 0.2) is 11.6 Å². The van der Waals surface area contributed by atoms with E-state index in [2.05, 4.69) is 21.8 Å². The van der Waals surface area contributed by atoms with Crippen molar-refractivity contribution >= 4 is 29.0 Å². The van der Waals surface area contributed by atoms with Crippen molar-refractivity contribution in [2.45, 2.75) is 24.9 Å². The van der Waals surface area contributed by atoms with Crippen molar-refractivity contribution in [3.05, 3.63) is 11.0 Å². The molecule has 0 N–H and O–H groups in total. The molecule has 0 spiro atoms. The maximum Gasteiger partial charge on any atom is 0.224 e. The number of halogens is 2. The van der Waals surface area contributed by atoms with E-state index in [0.29, 0.717) is 31.3 Å². The van der Waals surface area contributed by atoms with Gasteiger partial charge in [-0.1, -0.05) is 0 Å². The van der Waals surface area contributed by atoms with Gasteiger partial charge in [-0.05, 0) is 18.5 Å². The maximum atomic E-state index is 5.95. The third-order valence-corrected chi connectivity index (χ3v) is 3.64. The summed E-state index contributed by atoms with van der Waals surface area (Å²) in [7, 11) is 0. The molecule has 2 aliphatic rings. The summed E-state index contributed by atoms with van der Waals surface area (Å²) < 4.78 is 11.3. The standard InChI is InChI=1S/C11H13Cl2N3O2/c1-6-3-17-4-7-5-18-9-8(2-12)14-11(13)15-10(9)16(6)7/h6-7H,2-5H2,1H3/t6-,7+/m0/s1. The van der Waals surface area contributed by atoms with Crippen LogP contribution in [-0.2, 0) is 10.6 Å². The largest absolute Gasteiger partial charge is 0.486 e. The molecule has 1 saturated heterocycles. The van der Waals surface area contributed by atoms with Crippen molar-refractivity contribution in [1.82, 2.24) is 9.97 Å². The number of ether oxygens (including phenoxy) is 2. The first-order chi connectivity index (χ1) is 8.70. The molecule has 1 aromatic rings. The van der Waals surface area contributed by atoms with E-state index < -0.39 is 0 Å². The number of hydrogen-bond acceptors (Lipinski definition) is 5. The number of aromatic nitrogens is 2. The molecule has 0 bridgehead atoms. The van der Waals surface area contributed by atoms with E-state index in [0.717, 1.165) is 5.82 Å². The summed E-state index contributed by atoms with van der Waals surface area (Å²) in [5.74, 6) is 1.64. The molecule has 0 amide bonds. The molecule has 1 aromatic heterocycles. The molecule has 0 unspecified atom stereocenters. The van der Waals surface area contributed by atoms with Crippen LogP contribution in [0.5, 0.6) is 5.75 Å². The summed E-state index contributed by atoms with van der Waals surface area (Å²) in [5.41, 5.74) is 0.642. The van der Waals surface area contributed by atoms with Crippen molar-refractivity contribution in [1.29, 1.82) is 0 Å². The lowest BCUT2D eigenvalue weighted by Gasteiger charge is -2.44. The topological polar surface area (TPSA) is 47.5 Å². The van der Waals surface area contributed by atoms with Crippen LogP contribution < -0.4 is 9.64 Å². The Balaban J connectivity index is 2.09. The molecule has 0 aromatic carbocycles. The summed E-state index contributed by atoms with van der Waals surface area (Å²) in [4.78, 5) is 10.6. The van der Waals surface area contributed by atoms with E-state index in [1.54, 1.807) is 0 Å². The Labute approximate surface area is 115 Å². The number of alkyl halides is 1. The van der Waals surface area contributed by atoms with E-state index in [1.807, 2.05) is 0 Å². The van der Waals surface area contributed by atoms with Crippen LogP contribution in [0.25, 0.3) is 0 Å². The molecule has 98 valence electrons. The number of morpholine rings is 1. The molecule has 0 aliphatic carbocycles. The minimum Gasteiger partial charge on any atom is -0.486 e. The molecular weight excluding hydrogens is 277 g/mol. The molecule has 18 heavy (non-hydrogen) atoms. The number of rotatable bonds is 1. The minimum absolute atomic E-state index is 0.176. The smallest absolute Gasteiger partial charge is 0.224 e. The van der Waals surface area contributed by atoms with Crippen LogP contribution in [0.3, 0.4) is 0 Å². The monoisotopic (exact) mass is 289 g/mol. The Morgan fingerprint density at radius 3 is 2.94 bits per heavy atom. The Bertz CT molecular complexity index is 472. The van der Waals surface area contributed by atoms with E-state index in [1.165, 1.54) is 0 Å². The first-order valence-electron chi connectivity index (χ1n) is 5.82. The summed E-state index contributed by atoms with van der Waals surface area (Å²) in [6.45, 7) is 3.97. The van der Waals surface area contributed by atoms with Crippen LogP contribution in [0.1, 0.15) is 12.6 Å². The van der Waals surface area contributed by atoms with Crippen LogP contribution in [0.15, 0.2) is 0 Å². The molecular formula is C11H13Cl2N3O2. The molecule has 2 atom stereocenters. The molecule has 1 fully saturated rings. The van der Waals surface area contributed by atoms with Gasteiger partial charge in [-0.3, -0.25) is 0 Å². The van der Waals surface area contributed by atoms with Gasteiger partial charge in [0.05, 0.1) is 31.2 Å². The zero-order valence-corrected chi connectivity index (χ0v) is 11.4. The van der Waals surface area contributed by atoms with Gasteiger partial charge in [0.1, 0.15) is 12.3 Å². The van der Waals surface area contributed by atoms with Crippen molar-refractivity contribution in [3.8, 4) is 5.75 Å². The van der Waals surface area contributed by atoms with Crippen LogP contribution in [0.4, 0.5) is 5.82 Å². The normalized spacial score (nSPS) is 26.3. The van der Waals surface area contributed by atoms with E-state index >= 15 is 0 Å². The highest BCUT2D eigenvalue weighted by atomic mass is 35.5. The Morgan fingerprint density at radius 1 is 1.33 bits per heavy atom. The fourth-order valence-corrected chi connectivity index (χ4v) is 2.82. The zero-order chi connectivity index (χ0) is 12.7.